The number of rotatable bonds is 5. The van der Waals surface area contributed by atoms with E-state index in [1.165, 1.54) is 6.92 Å². The van der Waals surface area contributed by atoms with Crippen molar-refractivity contribution in [1.82, 2.24) is 9.97 Å². The number of hydrogen-bond acceptors (Lipinski definition) is 6. The fraction of sp³-hybridized carbons (Fsp3) is 0.217. The predicted octanol–water partition coefficient (Wildman–Crippen LogP) is 3.73. The number of carbonyl (C=O) groups excluding carboxylic acids is 2. The van der Waals surface area contributed by atoms with Crippen LogP contribution >= 0.6 is 0 Å². The van der Waals surface area contributed by atoms with E-state index in [0.717, 1.165) is 11.9 Å². The molecule has 1 aliphatic rings. The molecule has 8 heteroatoms. The van der Waals surface area contributed by atoms with Crippen molar-refractivity contribution in [3.63, 3.8) is 0 Å². The van der Waals surface area contributed by atoms with E-state index in [9.17, 15) is 20.0 Å². The number of aromatic nitrogens is 2. The summed E-state index contributed by atoms with van der Waals surface area (Å²) >= 11 is 0. The number of esters is 1. The van der Waals surface area contributed by atoms with Gasteiger partial charge in [0.15, 0.2) is 17.7 Å². The van der Waals surface area contributed by atoms with Crippen molar-refractivity contribution in [2.75, 3.05) is 11.4 Å². The van der Waals surface area contributed by atoms with Crippen LogP contribution < -0.4 is 4.90 Å². The van der Waals surface area contributed by atoms with Crippen LogP contribution in [0.1, 0.15) is 35.9 Å². The van der Waals surface area contributed by atoms with Crippen LogP contribution in [0.15, 0.2) is 54.3 Å². The van der Waals surface area contributed by atoms with Crippen LogP contribution in [0.4, 0.5) is 5.69 Å². The first-order chi connectivity index (χ1) is 15.0. The molecule has 0 spiro atoms. The molecule has 0 unspecified atom stereocenters. The molecule has 2 N–H and O–H groups in total. The van der Waals surface area contributed by atoms with Crippen molar-refractivity contribution in [2.45, 2.75) is 25.9 Å². The summed E-state index contributed by atoms with van der Waals surface area (Å²) in [6.07, 6.45) is 0.192. The van der Waals surface area contributed by atoms with Gasteiger partial charge in [-0.05, 0) is 43.7 Å². The monoisotopic (exact) mass is 416 g/mol. The van der Waals surface area contributed by atoms with Gasteiger partial charge in [0.25, 0.3) is 0 Å². The van der Waals surface area contributed by atoms with E-state index < -0.39 is 17.8 Å². The average Bonchev–Trinajstić information content (AvgIpc) is 3.40. The third-order valence-corrected chi connectivity index (χ3v) is 5.13. The van der Waals surface area contributed by atoms with Crippen LogP contribution in [0.5, 0.6) is 0 Å². The topological polar surface area (TPSA) is 119 Å². The highest BCUT2D eigenvalue weighted by Crippen LogP contribution is 2.24. The number of allylic oxidation sites excluding steroid dienone is 1. The number of ether oxygens (including phenoxy) is 1. The summed E-state index contributed by atoms with van der Waals surface area (Å²) in [7, 11) is 0. The van der Waals surface area contributed by atoms with Crippen molar-refractivity contribution in [1.29, 1.82) is 5.26 Å². The largest absolute Gasteiger partial charge is 0.507 e. The van der Waals surface area contributed by atoms with Gasteiger partial charge in [0, 0.05) is 18.7 Å². The second kappa shape index (κ2) is 8.32. The van der Waals surface area contributed by atoms with Gasteiger partial charge in [-0.1, -0.05) is 18.2 Å². The van der Waals surface area contributed by atoms with Crippen molar-refractivity contribution < 1.29 is 19.4 Å². The molecule has 0 saturated carbocycles. The van der Waals surface area contributed by atoms with Crippen molar-refractivity contribution in [2.24, 2.45) is 0 Å². The molecule has 1 aliphatic heterocycles. The number of fused-ring (bicyclic) bond motifs is 1. The minimum absolute atomic E-state index is 0.0176. The van der Waals surface area contributed by atoms with Gasteiger partial charge in [-0.2, -0.15) is 5.26 Å². The molecule has 8 nitrogen and oxygen atoms in total. The molecule has 2 heterocycles. The summed E-state index contributed by atoms with van der Waals surface area (Å²) in [5, 5.41) is 20.1. The Morgan fingerprint density at radius 2 is 2.10 bits per heavy atom. The molecule has 31 heavy (non-hydrogen) atoms. The third-order valence-electron chi connectivity index (χ3n) is 5.13. The summed E-state index contributed by atoms with van der Waals surface area (Å²) in [6, 6.07) is 15.7. The van der Waals surface area contributed by atoms with E-state index in [-0.39, 0.29) is 22.9 Å². The molecule has 1 fully saturated rings. The lowest BCUT2D eigenvalue weighted by Crippen LogP contribution is -2.24. The Morgan fingerprint density at radius 3 is 2.81 bits per heavy atom. The molecule has 1 amide bonds. The number of nitriles is 1. The van der Waals surface area contributed by atoms with Crippen LogP contribution in [0, 0.1) is 11.3 Å². The first kappa shape index (κ1) is 20.2. The van der Waals surface area contributed by atoms with E-state index in [1.54, 1.807) is 41.3 Å². The average molecular weight is 416 g/mol. The highest BCUT2D eigenvalue weighted by Gasteiger charge is 2.24. The molecule has 2 aromatic carbocycles. The molecule has 3 aromatic rings. The molecule has 1 atom stereocenters. The van der Waals surface area contributed by atoms with Crippen LogP contribution in [0.2, 0.25) is 0 Å². The maximum atomic E-state index is 12.6. The quantitative estimate of drug-likeness (QED) is 0.372. The van der Waals surface area contributed by atoms with Crippen molar-refractivity contribution in [3.05, 3.63) is 65.7 Å². The summed E-state index contributed by atoms with van der Waals surface area (Å²) in [5.74, 6) is -0.863. The van der Waals surface area contributed by atoms with Crippen molar-refractivity contribution >= 4 is 34.2 Å². The number of carbonyl (C=O) groups is 2. The molecule has 4 rings (SSSR count). The number of hydrogen-bond donors (Lipinski definition) is 2. The second-order valence-electron chi connectivity index (χ2n) is 7.22. The Labute approximate surface area is 178 Å². The van der Waals surface area contributed by atoms with Gasteiger partial charge in [-0.3, -0.25) is 4.79 Å². The first-order valence-electron chi connectivity index (χ1n) is 9.87. The number of aromatic amines is 1. The maximum Gasteiger partial charge on any atom is 0.338 e. The normalized spacial score (nSPS) is 15.5. The van der Waals surface area contributed by atoms with Gasteiger partial charge in [0.05, 0.1) is 16.6 Å². The van der Waals surface area contributed by atoms with E-state index in [4.69, 9.17) is 4.74 Å². The molecule has 1 saturated heterocycles. The van der Waals surface area contributed by atoms with E-state index in [1.807, 2.05) is 18.2 Å². The number of amides is 1. The number of imidazole rings is 1. The molecule has 0 radical (unpaired) electrons. The fourth-order valence-corrected chi connectivity index (χ4v) is 3.51. The zero-order valence-corrected chi connectivity index (χ0v) is 16.8. The Kier molecular flexibility index (Phi) is 5.41. The minimum atomic E-state index is -1.08. The number of nitrogens with one attached hydrogen (secondary N) is 1. The fourth-order valence-electron chi connectivity index (χ4n) is 3.51. The lowest BCUT2D eigenvalue weighted by atomic mass is 10.1. The molecule has 1 aromatic heterocycles. The smallest absolute Gasteiger partial charge is 0.338 e. The SMILES string of the molecule is C[C@H](OC(=O)c1cccc(N2CCCC2=O)c1)/C(O)=C(\C#N)c1nc2ccccc2[nH]1. The Bertz CT molecular complexity index is 1200. The number of nitrogens with zero attached hydrogens (tertiary/aromatic N) is 3. The number of anilines is 1. The highest BCUT2D eigenvalue weighted by molar-refractivity contribution is 5.97. The number of H-pyrrole nitrogens is 1. The number of benzene rings is 2. The Hall–Kier alpha value is -4.12. The van der Waals surface area contributed by atoms with Crippen LogP contribution in [0.3, 0.4) is 0 Å². The summed E-state index contributed by atoms with van der Waals surface area (Å²) in [5.41, 5.74) is 2.14. The van der Waals surface area contributed by atoms with Gasteiger partial charge < -0.3 is 19.7 Å². The minimum Gasteiger partial charge on any atom is -0.507 e. The van der Waals surface area contributed by atoms with Crippen LogP contribution in [0.25, 0.3) is 16.6 Å². The molecular weight excluding hydrogens is 396 g/mol. The second-order valence-corrected chi connectivity index (χ2v) is 7.22. The van der Waals surface area contributed by atoms with Gasteiger partial charge in [0.2, 0.25) is 5.91 Å². The lowest BCUT2D eigenvalue weighted by Gasteiger charge is -2.17. The number of aliphatic hydroxyl groups is 1. The van der Waals surface area contributed by atoms with Crippen molar-refractivity contribution in [3.8, 4) is 6.07 Å². The van der Waals surface area contributed by atoms with Gasteiger partial charge >= 0.3 is 5.97 Å². The molecule has 156 valence electrons. The summed E-state index contributed by atoms with van der Waals surface area (Å²) in [6.45, 7) is 2.08. The van der Waals surface area contributed by atoms with Gasteiger partial charge in [0.1, 0.15) is 11.6 Å². The highest BCUT2D eigenvalue weighted by atomic mass is 16.6. The lowest BCUT2D eigenvalue weighted by molar-refractivity contribution is -0.117. The van der Waals surface area contributed by atoms with E-state index >= 15 is 0 Å². The van der Waals surface area contributed by atoms with E-state index in [0.29, 0.717) is 24.2 Å². The Balaban J connectivity index is 1.55. The number of aliphatic hydroxyl groups excluding tert-OH is 1. The van der Waals surface area contributed by atoms with E-state index in [2.05, 4.69) is 9.97 Å². The first-order valence-corrected chi connectivity index (χ1v) is 9.87. The standard InChI is InChI=1S/C23H20N4O4/c1-14(21(29)17(13-24)22-25-18-8-2-3-9-19(18)26-22)31-23(30)15-6-4-7-16(12-15)27-11-5-10-20(27)28/h2-4,6-9,12,14,29H,5,10-11H2,1H3,(H,25,26)/b21-17-/t14-/m0/s1. The van der Waals surface area contributed by atoms with Crippen LogP contribution in [-0.2, 0) is 9.53 Å². The molecular formula is C23H20N4O4. The zero-order chi connectivity index (χ0) is 22.0. The molecule has 0 aliphatic carbocycles. The number of para-hydroxylation sites is 2. The molecule has 0 bridgehead atoms. The van der Waals surface area contributed by atoms with Gasteiger partial charge in [-0.15, -0.1) is 0 Å². The third kappa shape index (κ3) is 3.98. The summed E-state index contributed by atoms with van der Waals surface area (Å²) < 4.78 is 5.38. The Morgan fingerprint density at radius 1 is 1.29 bits per heavy atom. The van der Waals surface area contributed by atoms with Crippen LogP contribution in [-0.4, -0.2) is 39.6 Å². The predicted molar refractivity (Wildman–Crippen MR) is 114 cm³/mol. The summed E-state index contributed by atoms with van der Waals surface area (Å²) in [4.78, 5) is 33.5. The maximum absolute atomic E-state index is 12.6. The van der Waals surface area contributed by atoms with Gasteiger partial charge in [-0.25, -0.2) is 9.78 Å². The zero-order valence-electron chi connectivity index (χ0n) is 16.8.